The van der Waals surface area contributed by atoms with Gasteiger partial charge in [0, 0.05) is 12.2 Å². The Balaban J connectivity index is 3.99. The molecule has 0 aromatic heterocycles. The van der Waals surface area contributed by atoms with Gasteiger partial charge in [0.15, 0.2) is 3.79 Å². The standard InChI is InChI=1S/C5H7Cl3O2S/c6-5(7,8)1-3(2-11)4(9)10/h3,11H,1-2H2,(H,9,10). The summed E-state index contributed by atoms with van der Waals surface area (Å²) in [5, 5.41) is 8.51. The van der Waals surface area contributed by atoms with Gasteiger partial charge in [0.2, 0.25) is 0 Å². The average Bonchev–Trinajstić information content (AvgIpc) is 1.80. The number of aliphatic carboxylic acids is 1. The van der Waals surface area contributed by atoms with E-state index in [1.165, 1.54) is 0 Å². The lowest BCUT2D eigenvalue weighted by atomic mass is 10.1. The molecular formula is C5H7Cl3O2S. The lowest BCUT2D eigenvalue weighted by Gasteiger charge is -2.15. The van der Waals surface area contributed by atoms with Crippen molar-refractivity contribution in [1.82, 2.24) is 0 Å². The normalized spacial score (nSPS) is 14.5. The van der Waals surface area contributed by atoms with Crippen LogP contribution in [0.4, 0.5) is 0 Å². The third-order valence-electron chi connectivity index (χ3n) is 1.05. The third-order valence-corrected chi connectivity index (χ3v) is 1.95. The van der Waals surface area contributed by atoms with Crippen molar-refractivity contribution in [2.75, 3.05) is 5.75 Å². The number of thiol groups is 1. The molecule has 1 N–H and O–H groups in total. The Morgan fingerprint density at radius 1 is 1.55 bits per heavy atom. The molecule has 66 valence electrons. The number of carboxylic acids is 1. The predicted molar refractivity (Wildman–Crippen MR) is 49.9 cm³/mol. The molecule has 0 aromatic rings. The molecular weight excluding hydrogens is 230 g/mol. The second-order valence-electron chi connectivity index (χ2n) is 2.04. The SMILES string of the molecule is O=C(O)C(CS)CC(Cl)(Cl)Cl. The largest absolute Gasteiger partial charge is 0.481 e. The Morgan fingerprint density at radius 3 is 2.09 bits per heavy atom. The van der Waals surface area contributed by atoms with Crippen molar-refractivity contribution in [2.45, 2.75) is 10.2 Å². The number of carboxylic acid groups (broad SMARTS) is 1. The van der Waals surface area contributed by atoms with E-state index in [1.807, 2.05) is 0 Å². The molecule has 0 radical (unpaired) electrons. The summed E-state index contributed by atoms with van der Waals surface area (Å²) in [5.41, 5.74) is 0. The number of hydrogen-bond donors (Lipinski definition) is 2. The van der Waals surface area contributed by atoms with Gasteiger partial charge in [-0.3, -0.25) is 4.79 Å². The summed E-state index contributed by atoms with van der Waals surface area (Å²) in [6.45, 7) is 0. The number of carbonyl (C=O) groups is 1. The summed E-state index contributed by atoms with van der Waals surface area (Å²) in [6, 6.07) is 0. The highest BCUT2D eigenvalue weighted by atomic mass is 35.6. The molecule has 0 spiro atoms. The molecule has 0 aliphatic carbocycles. The van der Waals surface area contributed by atoms with Crippen LogP contribution >= 0.6 is 47.4 Å². The monoisotopic (exact) mass is 236 g/mol. The van der Waals surface area contributed by atoms with Gasteiger partial charge in [-0.05, 0) is 0 Å². The van der Waals surface area contributed by atoms with Gasteiger partial charge in [-0.1, -0.05) is 34.8 Å². The van der Waals surface area contributed by atoms with Crippen molar-refractivity contribution >= 4 is 53.4 Å². The first-order chi connectivity index (χ1) is 4.87. The van der Waals surface area contributed by atoms with Gasteiger partial charge in [0.25, 0.3) is 0 Å². The summed E-state index contributed by atoms with van der Waals surface area (Å²) in [4.78, 5) is 10.4. The van der Waals surface area contributed by atoms with Crippen LogP contribution in [0.2, 0.25) is 0 Å². The van der Waals surface area contributed by atoms with Crippen LogP contribution in [0, 0.1) is 5.92 Å². The summed E-state index contributed by atoms with van der Waals surface area (Å²) < 4.78 is -1.51. The third kappa shape index (κ3) is 5.91. The molecule has 0 rings (SSSR count). The lowest BCUT2D eigenvalue weighted by Crippen LogP contribution is -2.21. The van der Waals surface area contributed by atoms with E-state index < -0.39 is 15.7 Å². The van der Waals surface area contributed by atoms with Gasteiger partial charge in [0.05, 0.1) is 5.92 Å². The molecule has 0 saturated carbocycles. The van der Waals surface area contributed by atoms with Crippen LogP contribution in [0.1, 0.15) is 6.42 Å². The summed E-state index contributed by atoms with van der Waals surface area (Å²) in [5.74, 6) is -1.53. The quantitative estimate of drug-likeness (QED) is 0.584. The Kier molecular flexibility index (Phi) is 4.94. The predicted octanol–water partition coefficient (Wildman–Crippen LogP) is 2.38. The summed E-state index contributed by atoms with van der Waals surface area (Å²) in [6.07, 6.45) is -0.0174. The van der Waals surface area contributed by atoms with E-state index in [-0.39, 0.29) is 12.2 Å². The zero-order chi connectivity index (χ0) is 9.07. The Bertz CT molecular complexity index is 145. The van der Waals surface area contributed by atoms with Gasteiger partial charge >= 0.3 is 5.97 Å². The maximum Gasteiger partial charge on any atom is 0.307 e. The molecule has 0 aliphatic heterocycles. The van der Waals surface area contributed by atoms with E-state index in [0.29, 0.717) is 0 Å². The molecule has 1 atom stereocenters. The van der Waals surface area contributed by atoms with Crippen LogP contribution < -0.4 is 0 Å². The number of rotatable bonds is 3. The maximum atomic E-state index is 10.4. The number of alkyl halides is 3. The van der Waals surface area contributed by atoms with Gasteiger partial charge < -0.3 is 5.11 Å². The Morgan fingerprint density at radius 2 is 2.00 bits per heavy atom. The van der Waals surface area contributed by atoms with Crippen molar-refractivity contribution in [1.29, 1.82) is 0 Å². The fourth-order valence-corrected chi connectivity index (χ4v) is 1.35. The molecule has 0 aliphatic rings. The lowest BCUT2D eigenvalue weighted by molar-refractivity contribution is -0.141. The topological polar surface area (TPSA) is 37.3 Å². The molecule has 0 heterocycles. The van der Waals surface area contributed by atoms with Crippen LogP contribution in [0.25, 0.3) is 0 Å². The highest BCUT2D eigenvalue weighted by Gasteiger charge is 2.28. The highest BCUT2D eigenvalue weighted by Crippen LogP contribution is 2.33. The maximum absolute atomic E-state index is 10.4. The van der Waals surface area contributed by atoms with E-state index in [4.69, 9.17) is 39.9 Å². The fraction of sp³-hybridized carbons (Fsp3) is 0.800. The highest BCUT2D eigenvalue weighted by molar-refractivity contribution is 7.80. The average molecular weight is 238 g/mol. The Hall–Kier alpha value is 0.690. The summed E-state index contributed by atoms with van der Waals surface area (Å²) in [7, 11) is 0. The first-order valence-corrected chi connectivity index (χ1v) is 4.54. The van der Waals surface area contributed by atoms with Gasteiger partial charge in [-0.2, -0.15) is 12.6 Å². The van der Waals surface area contributed by atoms with Crippen molar-refractivity contribution in [3.8, 4) is 0 Å². The number of halogens is 3. The van der Waals surface area contributed by atoms with Crippen LogP contribution in [0.3, 0.4) is 0 Å². The number of hydrogen-bond acceptors (Lipinski definition) is 2. The smallest absolute Gasteiger partial charge is 0.307 e. The van der Waals surface area contributed by atoms with Crippen LogP contribution in [0.5, 0.6) is 0 Å². The first kappa shape index (κ1) is 11.7. The zero-order valence-electron chi connectivity index (χ0n) is 5.43. The molecule has 1 unspecified atom stereocenters. The van der Waals surface area contributed by atoms with Gasteiger partial charge in [-0.15, -0.1) is 0 Å². The molecule has 11 heavy (non-hydrogen) atoms. The van der Waals surface area contributed by atoms with Crippen LogP contribution in [-0.4, -0.2) is 20.6 Å². The van der Waals surface area contributed by atoms with E-state index in [1.54, 1.807) is 0 Å². The van der Waals surface area contributed by atoms with Crippen molar-refractivity contribution in [3.63, 3.8) is 0 Å². The van der Waals surface area contributed by atoms with Gasteiger partial charge in [0.1, 0.15) is 0 Å². The fourth-order valence-electron chi connectivity index (χ4n) is 0.509. The first-order valence-electron chi connectivity index (χ1n) is 2.77. The minimum Gasteiger partial charge on any atom is -0.481 e. The minimum absolute atomic E-state index is 0.0174. The molecule has 0 fully saturated rings. The minimum atomic E-state index is -1.51. The molecule has 0 bridgehead atoms. The Labute approximate surface area is 85.2 Å². The van der Waals surface area contributed by atoms with Crippen LogP contribution in [-0.2, 0) is 4.79 Å². The summed E-state index contributed by atoms with van der Waals surface area (Å²) >= 11 is 20.0. The van der Waals surface area contributed by atoms with Crippen molar-refractivity contribution < 1.29 is 9.90 Å². The second kappa shape index (κ2) is 4.65. The van der Waals surface area contributed by atoms with E-state index >= 15 is 0 Å². The van der Waals surface area contributed by atoms with E-state index in [0.717, 1.165) is 0 Å². The van der Waals surface area contributed by atoms with E-state index in [9.17, 15) is 4.79 Å². The van der Waals surface area contributed by atoms with Crippen molar-refractivity contribution in [2.24, 2.45) is 5.92 Å². The molecule has 2 nitrogen and oxygen atoms in total. The molecule has 0 amide bonds. The van der Waals surface area contributed by atoms with Crippen LogP contribution in [0.15, 0.2) is 0 Å². The zero-order valence-corrected chi connectivity index (χ0v) is 8.59. The molecule has 6 heteroatoms. The van der Waals surface area contributed by atoms with Gasteiger partial charge in [-0.25, -0.2) is 0 Å². The molecule has 0 aromatic carbocycles. The van der Waals surface area contributed by atoms with E-state index in [2.05, 4.69) is 12.6 Å². The molecule has 0 saturated heterocycles. The second-order valence-corrected chi connectivity index (χ2v) is 4.92. The van der Waals surface area contributed by atoms with Crippen molar-refractivity contribution in [3.05, 3.63) is 0 Å².